The van der Waals surface area contributed by atoms with Crippen LogP contribution in [0.1, 0.15) is 67.8 Å². The molecule has 0 amide bonds. The van der Waals surface area contributed by atoms with Crippen molar-refractivity contribution in [2.45, 2.75) is 77.4 Å². The van der Waals surface area contributed by atoms with Crippen molar-refractivity contribution in [3.63, 3.8) is 0 Å². The number of rotatable bonds is 12. The molecule has 0 saturated carbocycles. The molecule has 1 heterocycles. The Morgan fingerprint density at radius 2 is 1.63 bits per heavy atom. The second kappa shape index (κ2) is 12.9. The van der Waals surface area contributed by atoms with E-state index in [2.05, 4.69) is 58.0 Å². The summed E-state index contributed by atoms with van der Waals surface area (Å²) in [5.41, 5.74) is 3.34. The maximum Gasteiger partial charge on any atom is 0.335 e. The number of benzene rings is 3. The lowest BCUT2D eigenvalue weighted by Gasteiger charge is -2.40. The van der Waals surface area contributed by atoms with Crippen LogP contribution in [0.3, 0.4) is 0 Å². The van der Waals surface area contributed by atoms with Gasteiger partial charge in [0.05, 0.1) is 17.2 Å². The Labute approximate surface area is 255 Å². The number of ether oxygens (including phenoxy) is 1. The lowest BCUT2D eigenvalue weighted by Crippen LogP contribution is -2.47. The van der Waals surface area contributed by atoms with E-state index in [-0.39, 0.29) is 27.8 Å². The van der Waals surface area contributed by atoms with Gasteiger partial charge in [-0.15, -0.1) is 0 Å². The molecule has 0 aliphatic carbocycles. The number of hydrogen-bond acceptors (Lipinski definition) is 5. The van der Waals surface area contributed by atoms with Gasteiger partial charge in [-0.25, -0.2) is 4.79 Å². The van der Waals surface area contributed by atoms with Gasteiger partial charge in [0.15, 0.2) is 8.32 Å². The average Bonchev–Trinajstić information content (AvgIpc) is 2.94. The summed E-state index contributed by atoms with van der Waals surface area (Å²) in [4.78, 5) is 27.0. The highest BCUT2D eigenvalue weighted by molar-refractivity contribution is 6.74. The van der Waals surface area contributed by atoms with Crippen molar-refractivity contribution in [3.05, 3.63) is 111 Å². The molecule has 0 bridgehead atoms. The number of aromatic amines is 1. The molecule has 0 fully saturated rings. The number of carbonyl (C=O) groups is 1. The van der Waals surface area contributed by atoms with Crippen LogP contribution in [-0.2, 0) is 17.5 Å². The molecular formula is C35H44N2O5Si. The summed E-state index contributed by atoms with van der Waals surface area (Å²) in [7, 11) is -2.22. The number of aromatic nitrogens is 1. The molecule has 1 aromatic heterocycles. The summed E-state index contributed by atoms with van der Waals surface area (Å²) < 4.78 is 13.3. The van der Waals surface area contributed by atoms with Crippen LogP contribution in [0.2, 0.25) is 18.1 Å². The van der Waals surface area contributed by atoms with Crippen LogP contribution in [0.15, 0.2) is 83.7 Å². The predicted molar refractivity (Wildman–Crippen MR) is 176 cm³/mol. The summed E-state index contributed by atoms with van der Waals surface area (Å²) in [6.45, 7) is 16.3. The highest BCUT2D eigenvalue weighted by Crippen LogP contribution is 2.41. The molecule has 4 rings (SSSR count). The third-order valence-electron chi connectivity index (χ3n) is 8.30. The molecule has 8 heteroatoms. The molecule has 0 aliphatic rings. The van der Waals surface area contributed by atoms with E-state index in [0.717, 1.165) is 22.1 Å². The van der Waals surface area contributed by atoms with Crippen molar-refractivity contribution >= 4 is 25.2 Å². The average molecular weight is 601 g/mol. The zero-order valence-corrected chi connectivity index (χ0v) is 27.3. The van der Waals surface area contributed by atoms with Gasteiger partial charge in [-0.1, -0.05) is 69.3 Å². The number of H-pyrrole nitrogens is 1. The van der Waals surface area contributed by atoms with Crippen LogP contribution in [0.5, 0.6) is 5.75 Å². The minimum absolute atomic E-state index is 0.0130. The molecule has 43 heavy (non-hydrogen) atoms. The summed E-state index contributed by atoms with van der Waals surface area (Å²) in [5, 5.41) is 14.0. The molecule has 0 spiro atoms. The standard InChI is InChI=1S/C35H44N2O5Si/c1-34(2,3)43(6,7)42-30(22-36-35(4,5)21-25-14-11-15-26(20-25)33(39)40)27-16-18-29(32-28(27)17-19-31(38)37-32)41-23-24-12-9-8-10-13-24/h8-20,30,36H,21-23H2,1-7H3,(H,37,38)(H,39,40)/t30-/m0/s1. The molecule has 7 nitrogen and oxygen atoms in total. The fraction of sp³-hybridized carbons (Fsp3) is 0.371. The maximum absolute atomic E-state index is 12.5. The van der Waals surface area contributed by atoms with Gasteiger partial charge in [0.25, 0.3) is 0 Å². The first-order valence-corrected chi connectivity index (χ1v) is 17.6. The van der Waals surface area contributed by atoms with Crippen molar-refractivity contribution < 1.29 is 19.1 Å². The Hall–Kier alpha value is -3.72. The second-order valence-corrected chi connectivity index (χ2v) is 18.1. The second-order valence-electron chi connectivity index (χ2n) is 13.4. The quantitative estimate of drug-likeness (QED) is 0.146. The molecule has 0 saturated heterocycles. The van der Waals surface area contributed by atoms with Crippen molar-refractivity contribution in [2.75, 3.05) is 6.54 Å². The largest absolute Gasteiger partial charge is 0.487 e. The van der Waals surface area contributed by atoms with E-state index in [1.807, 2.05) is 54.6 Å². The smallest absolute Gasteiger partial charge is 0.335 e. The zero-order valence-electron chi connectivity index (χ0n) is 26.3. The number of carboxylic acids is 1. The highest BCUT2D eigenvalue weighted by atomic mass is 28.4. The molecule has 3 N–H and O–H groups in total. The molecule has 0 aliphatic heterocycles. The SMILES string of the molecule is CC(C)(Cc1cccc(C(=O)O)c1)NC[C@H](O[Si](C)(C)C(C)(C)C)c1ccc(OCc2ccccc2)c2[nH]c(=O)ccc12. The Morgan fingerprint density at radius 3 is 2.30 bits per heavy atom. The topological polar surface area (TPSA) is 101 Å². The van der Waals surface area contributed by atoms with Crippen LogP contribution in [-0.4, -0.2) is 36.5 Å². The van der Waals surface area contributed by atoms with Crippen LogP contribution in [0.4, 0.5) is 0 Å². The van der Waals surface area contributed by atoms with Crippen LogP contribution >= 0.6 is 0 Å². The third kappa shape index (κ3) is 8.22. The molecule has 228 valence electrons. The van der Waals surface area contributed by atoms with Gasteiger partial charge in [-0.05, 0) is 79.4 Å². The van der Waals surface area contributed by atoms with E-state index in [4.69, 9.17) is 9.16 Å². The number of fused-ring (bicyclic) bond motifs is 1. The summed E-state index contributed by atoms with van der Waals surface area (Å²) >= 11 is 0. The first kappa shape index (κ1) is 32.2. The van der Waals surface area contributed by atoms with Crippen molar-refractivity contribution in [1.82, 2.24) is 10.3 Å². The monoisotopic (exact) mass is 600 g/mol. The van der Waals surface area contributed by atoms with Gasteiger partial charge in [0, 0.05) is 23.5 Å². The Bertz CT molecular complexity index is 1620. The minimum atomic E-state index is -2.22. The number of hydrogen-bond donors (Lipinski definition) is 3. The van der Waals surface area contributed by atoms with E-state index < -0.39 is 14.3 Å². The third-order valence-corrected chi connectivity index (χ3v) is 12.8. The van der Waals surface area contributed by atoms with Crippen molar-refractivity contribution in [2.24, 2.45) is 0 Å². The Balaban J connectivity index is 1.67. The molecular weight excluding hydrogens is 556 g/mol. The number of pyridine rings is 1. The van der Waals surface area contributed by atoms with Gasteiger partial charge in [0.1, 0.15) is 12.4 Å². The molecule has 4 aromatic rings. The highest BCUT2D eigenvalue weighted by Gasteiger charge is 2.40. The van der Waals surface area contributed by atoms with E-state index >= 15 is 0 Å². The Morgan fingerprint density at radius 1 is 0.930 bits per heavy atom. The van der Waals surface area contributed by atoms with E-state index in [1.54, 1.807) is 24.3 Å². The lowest BCUT2D eigenvalue weighted by atomic mass is 9.93. The van der Waals surface area contributed by atoms with Crippen LogP contribution in [0, 0.1) is 0 Å². The van der Waals surface area contributed by atoms with Crippen molar-refractivity contribution in [3.8, 4) is 5.75 Å². The van der Waals surface area contributed by atoms with E-state index in [0.29, 0.717) is 30.8 Å². The maximum atomic E-state index is 12.5. The summed E-state index contributed by atoms with van der Waals surface area (Å²) in [5.74, 6) is -0.324. The van der Waals surface area contributed by atoms with E-state index in [1.165, 1.54) is 0 Å². The molecule has 1 atom stereocenters. The predicted octanol–water partition coefficient (Wildman–Crippen LogP) is 7.48. The van der Waals surface area contributed by atoms with Crippen LogP contribution < -0.4 is 15.6 Å². The lowest BCUT2D eigenvalue weighted by molar-refractivity contribution is 0.0696. The molecule has 3 aromatic carbocycles. The van der Waals surface area contributed by atoms with E-state index in [9.17, 15) is 14.7 Å². The summed E-state index contributed by atoms with van der Waals surface area (Å²) in [6, 6.07) is 24.4. The minimum Gasteiger partial charge on any atom is -0.487 e. The first-order valence-electron chi connectivity index (χ1n) is 14.7. The van der Waals surface area contributed by atoms with Gasteiger partial charge in [0.2, 0.25) is 5.56 Å². The number of nitrogens with one attached hydrogen (secondary N) is 2. The zero-order chi connectivity index (χ0) is 31.4. The summed E-state index contributed by atoms with van der Waals surface area (Å²) in [6.07, 6.45) is 0.337. The molecule has 0 unspecified atom stereocenters. The first-order chi connectivity index (χ1) is 20.1. The Kier molecular flexibility index (Phi) is 9.64. The fourth-order valence-corrected chi connectivity index (χ4v) is 6.16. The molecule has 0 radical (unpaired) electrons. The van der Waals surface area contributed by atoms with Gasteiger partial charge < -0.3 is 24.6 Å². The van der Waals surface area contributed by atoms with Gasteiger partial charge in [-0.3, -0.25) is 4.79 Å². The fourth-order valence-electron chi connectivity index (χ4n) is 4.89. The van der Waals surface area contributed by atoms with Gasteiger partial charge >= 0.3 is 5.97 Å². The number of carboxylic acid groups (broad SMARTS) is 1. The van der Waals surface area contributed by atoms with Crippen LogP contribution in [0.25, 0.3) is 10.9 Å². The van der Waals surface area contributed by atoms with Gasteiger partial charge in [-0.2, -0.15) is 0 Å². The van der Waals surface area contributed by atoms with Crippen molar-refractivity contribution in [1.29, 1.82) is 0 Å². The number of aromatic carboxylic acids is 1. The normalized spacial score (nSPS) is 13.2.